The number of amides is 2. The number of ether oxygens (including phenoxy) is 7. The highest BCUT2D eigenvalue weighted by Crippen LogP contribution is 2.58. The van der Waals surface area contributed by atoms with E-state index in [1.165, 1.54) is 23.9 Å². The van der Waals surface area contributed by atoms with E-state index in [1.54, 1.807) is 85.5 Å². The molecule has 18 nitrogen and oxygen atoms in total. The second-order valence-corrected chi connectivity index (χ2v) is 21.3. The average molecular weight is 1090 g/mol. The number of hydrogen-bond acceptors (Lipinski definition) is 14. The fraction of sp³-hybridized carbons (Fsp3) is 0.390. The molecule has 0 bridgehead atoms. The lowest BCUT2D eigenvalue weighted by atomic mass is 9.80. The number of benzene rings is 5. The first-order valence-electron chi connectivity index (χ1n) is 26.1. The van der Waals surface area contributed by atoms with Gasteiger partial charge in [0, 0.05) is 43.1 Å². The van der Waals surface area contributed by atoms with Crippen molar-refractivity contribution in [1.82, 2.24) is 19.1 Å². The number of hydrogen-bond donors (Lipinski definition) is 1. The van der Waals surface area contributed by atoms with Crippen LogP contribution in [0.3, 0.4) is 0 Å². The predicted molar refractivity (Wildman–Crippen MR) is 294 cm³/mol. The van der Waals surface area contributed by atoms with Crippen LogP contribution in [0.25, 0.3) is 0 Å². The molecule has 8 rings (SSSR count). The molecule has 78 heavy (non-hydrogen) atoms. The van der Waals surface area contributed by atoms with Gasteiger partial charge in [-0.05, 0) is 124 Å². The van der Waals surface area contributed by atoms with E-state index in [1.807, 2.05) is 107 Å². The van der Waals surface area contributed by atoms with Crippen molar-refractivity contribution in [3.63, 3.8) is 0 Å². The third kappa shape index (κ3) is 12.9. The van der Waals surface area contributed by atoms with Gasteiger partial charge in [0.1, 0.15) is 47.0 Å². The fourth-order valence-corrected chi connectivity index (χ4v) is 12.6. The van der Waals surface area contributed by atoms with Crippen LogP contribution in [0, 0.1) is 0 Å². The lowest BCUT2D eigenvalue weighted by Crippen LogP contribution is -2.45. The average Bonchev–Trinajstić information content (AvgIpc) is 4.12. The summed E-state index contributed by atoms with van der Waals surface area (Å²) in [6.45, 7) is 7.83. The van der Waals surface area contributed by atoms with Gasteiger partial charge in [-0.1, -0.05) is 72.8 Å². The second-order valence-electron chi connectivity index (χ2n) is 19.5. The summed E-state index contributed by atoms with van der Waals surface area (Å²) in [4.78, 5) is 47.7. The van der Waals surface area contributed by atoms with Crippen molar-refractivity contribution in [2.24, 2.45) is 0 Å². The first kappa shape index (κ1) is 57.4. The van der Waals surface area contributed by atoms with Gasteiger partial charge in [0.2, 0.25) is 0 Å². The van der Waals surface area contributed by atoms with Crippen LogP contribution in [0.2, 0.25) is 0 Å². The number of rotatable bonds is 25. The maximum atomic E-state index is 16.4. The molecule has 2 aliphatic heterocycles. The molecule has 0 spiro atoms. The third-order valence-electron chi connectivity index (χ3n) is 13.9. The van der Waals surface area contributed by atoms with E-state index in [9.17, 15) is 14.4 Å². The molecule has 19 heteroatoms. The van der Waals surface area contributed by atoms with Gasteiger partial charge in [-0.25, -0.2) is 14.0 Å². The summed E-state index contributed by atoms with van der Waals surface area (Å²) in [6.07, 6.45) is -2.16. The van der Waals surface area contributed by atoms with Crippen molar-refractivity contribution in [1.29, 1.82) is 0 Å². The predicted octanol–water partition coefficient (Wildman–Crippen LogP) is 9.39. The first-order chi connectivity index (χ1) is 37.7. The van der Waals surface area contributed by atoms with E-state index in [4.69, 9.17) is 42.2 Å². The molecule has 0 saturated carbocycles. The Morgan fingerprint density at radius 2 is 1.28 bits per heavy atom. The van der Waals surface area contributed by atoms with Crippen LogP contribution in [0.1, 0.15) is 84.2 Å². The zero-order valence-corrected chi connectivity index (χ0v) is 46.3. The van der Waals surface area contributed by atoms with E-state index >= 15 is 4.57 Å². The Bertz CT molecular complexity index is 2950. The van der Waals surface area contributed by atoms with Gasteiger partial charge < -0.3 is 43.4 Å². The molecule has 3 heterocycles. The molecule has 6 aromatic rings. The molecule has 2 saturated heterocycles. The molecule has 414 valence electrons. The van der Waals surface area contributed by atoms with Gasteiger partial charge in [0.25, 0.3) is 11.8 Å². The van der Waals surface area contributed by atoms with Crippen molar-refractivity contribution < 1.29 is 56.4 Å². The number of carbonyl (C=O) groups is 2. The Labute approximate surface area is 456 Å². The highest BCUT2D eigenvalue weighted by molar-refractivity contribution is 7.51. The van der Waals surface area contributed by atoms with Crippen LogP contribution in [0.15, 0.2) is 151 Å². The van der Waals surface area contributed by atoms with Gasteiger partial charge in [0.15, 0.2) is 6.23 Å². The number of methoxy groups -OCH3 is 4. The molecular formula is C59H70N5O13P. The highest BCUT2D eigenvalue weighted by atomic mass is 31.2. The largest absolute Gasteiger partial charge is 0.497 e. The Balaban J connectivity index is 1.23. The van der Waals surface area contributed by atoms with Crippen LogP contribution < -0.4 is 25.2 Å². The summed E-state index contributed by atoms with van der Waals surface area (Å²) < 4.78 is 76.2. The Kier molecular flexibility index (Phi) is 19.4. The minimum Gasteiger partial charge on any atom is -0.497 e. The minimum atomic E-state index is -4.48. The molecule has 1 aromatic heterocycles. The molecular weight excluding hydrogens is 1020 g/mol. The van der Waals surface area contributed by atoms with Crippen molar-refractivity contribution in [2.75, 3.05) is 66.7 Å². The topological polar surface area (TPSA) is 188 Å². The summed E-state index contributed by atoms with van der Waals surface area (Å²) in [5.41, 5.74) is 0.958. The number of nitrogens with zero attached hydrogens (tertiary/aromatic N) is 4. The van der Waals surface area contributed by atoms with Crippen molar-refractivity contribution in [2.45, 2.75) is 88.8 Å². The van der Waals surface area contributed by atoms with Gasteiger partial charge in [0.05, 0.1) is 53.8 Å². The molecule has 2 amide bonds. The van der Waals surface area contributed by atoms with Crippen molar-refractivity contribution >= 4 is 25.4 Å². The van der Waals surface area contributed by atoms with Crippen LogP contribution >= 0.6 is 7.75 Å². The van der Waals surface area contributed by atoms with Crippen molar-refractivity contribution in [3.8, 4) is 17.2 Å². The standard InChI is InChI=1S/C59H70N5O13P/c1-40(2)64(41(3)4)78(68,75-38-47-20-15-34-62(47)56(66)43-21-27-48(70-6)28-22-43)77-53-51(76-57(54(53)73-37-36-69-5)63-35-33-52(61-58(63)67)60-55(65)42-16-11-9-12-17-42)39-74-59(44-18-13-10-14-19-44,45-23-29-49(71-7)30-24-45)46-25-31-50(72-8)32-26-46/h9-14,16-19,21-33,35,40-41,47,51,53-54,57H,15,20,34,36-39H2,1-8H3,(H,60,61,65,67)/t47-,51+,53+,54+,57+,78?/m0/s1. The van der Waals surface area contributed by atoms with Gasteiger partial charge in [-0.2, -0.15) is 4.98 Å². The highest BCUT2D eigenvalue weighted by Gasteiger charge is 2.54. The van der Waals surface area contributed by atoms with E-state index in [0.717, 1.165) is 16.7 Å². The Morgan fingerprint density at radius 3 is 1.83 bits per heavy atom. The quantitative estimate of drug-likeness (QED) is 0.0324. The molecule has 6 atom stereocenters. The van der Waals surface area contributed by atoms with E-state index in [-0.39, 0.29) is 38.2 Å². The molecule has 0 aliphatic carbocycles. The van der Waals surface area contributed by atoms with Crippen molar-refractivity contribution in [3.05, 3.63) is 184 Å². The number of anilines is 1. The van der Waals surface area contributed by atoms with Crippen LogP contribution in [-0.2, 0) is 38.2 Å². The Hall–Kier alpha value is -6.73. The summed E-state index contributed by atoms with van der Waals surface area (Å²) in [5.74, 6) is 1.24. The van der Waals surface area contributed by atoms with Gasteiger partial charge in [-0.3, -0.25) is 23.2 Å². The number of likely N-dealkylation sites (tertiary alicyclic amines) is 1. The van der Waals surface area contributed by atoms with Crippen LogP contribution in [0.4, 0.5) is 5.82 Å². The smallest absolute Gasteiger partial charge is 0.409 e. The molecule has 5 aromatic carbocycles. The number of nitrogens with one attached hydrogen (secondary N) is 1. The third-order valence-corrected chi connectivity index (χ3v) is 16.4. The minimum absolute atomic E-state index is 0.00124. The lowest BCUT2D eigenvalue weighted by molar-refractivity contribution is -0.0992. The molecule has 1 unspecified atom stereocenters. The monoisotopic (exact) mass is 1090 g/mol. The van der Waals surface area contributed by atoms with Crippen LogP contribution in [0.5, 0.6) is 17.2 Å². The van der Waals surface area contributed by atoms with Crippen LogP contribution in [-0.4, -0.2) is 129 Å². The van der Waals surface area contributed by atoms with E-state index in [2.05, 4.69) is 10.3 Å². The second kappa shape index (κ2) is 26.3. The zero-order valence-electron chi connectivity index (χ0n) is 45.4. The summed E-state index contributed by atoms with van der Waals surface area (Å²) in [5, 5.41) is 2.71. The summed E-state index contributed by atoms with van der Waals surface area (Å²) in [6, 6.07) is 40.6. The Morgan fingerprint density at radius 1 is 0.718 bits per heavy atom. The number of carbonyl (C=O) groups excluding carboxylic acids is 2. The summed E-state index contributed by atoms with van der Waals surface area (Å²) >= 11 is 0. The van der Waals surface area contributed by atoms with Gasteiger partial charge >= 0.3 is 13.4 Å². The molecule has 2 fully saturated rings. The van der Waals surface area contributed by atoms with Gasteiger partial charge in [-0.15, -0.1) is 0 Å². The maximum Gasteiger partial charge on any atom is 0.409 e. The molecule has 0 radical (unpaired) electrons. The van der Waals surface area contributed by atoms with E-state index in [0.29, 0.717) is 47.8 Å². The van der Waals surface area contributed by atoms with E-state index < -0.39 is 67.6 Å². The first-order valence-corrected chi connectivity index (χ1v) is 27.6. The SMILES string of the molecule is COCCO[C@@H]1[C@H](OP(=O)(OC[C@@H]2CCCN2C(=O)c2ccc(OC)cc2)N(C(C)C)C(C)C)[C@@H](COC(c2ccccc2)(c2ccc(OC)cc2)c2ccc(OC)cc2)O[C@H]1n1ccc(NC(=O)c2ccccc2)nc1=O. The zero-order chi connectivity index (χ0) is 55.4. The lowest BCUT2D eigenvalue weighted by Gasteiger charge is -2.40. The normalized spacial score (nSPS) is 19.3. The molecule has 2 aliphatic rings. The summed E-state index contributed by atoms with van der Waals surface area (Å²) in [7, 11) is 1.82. The fourth-order valence-electron chi connectivity index (χ4n) is 10.2. The number of aromatic nitrogens is 2. The maximum absolute atomic E-state index is 16.4. The molecule has 1 N–H and O–H groups in total.